The van der Waals surface area contributed by atoms with E-state index in [1.807, 2.05) is 48.5 Å². The molecule has 0 aliphatic rings. The molecule has 4 N–H and O–H groups in total. The summed E-state index contributed by atoms with van der Waals surface area (Å²) in [6, 6.07) is 15.1. The summed E-state index contributed by atoms with van der Waals surface area (Å²) in [6.07, 6.45) is 5.06. The highest BCUT2D eigenvalue weighted by Gasteiger charge is 2.15. The molecule has 0 spiro atoms. The summed E-state index contributed by atoms with van der Waals surface area (Å²) in [7, 11) is 3.19. The predicted molar refractivity (Wildman–Crippen MR) is 156 cm³/mol. The van der Waals surface area contributed by atoms with Crippen LogP contribution in [0.4, 0.5) is 5.82 Å². The number of aromatic nitrogens is 4. The van der Waals surface area contributed by atoms with Gasteiger partial charge in [-0.3, -0.25) is 9.97 Å². The molecule has 6 rings (SSSR count). The fourth-order valence-corrected chi connectivity index (χ4v) is 5.21. The molecule has 202 valence electrons. The van der Waals surface area contributed by atoms with Crippen molar-refractivity contribution in [3.05, 3.63) is 67.1 Å². The van der Waals surface area contributed by atoms with Crippen molar-refractivity contribution in [2.45, 2.75) is 6.04 Å². The van der Waals surface area contributed by atoms with Crippen LogP contribution in [0.3, 0.4) is 0 Å². The van der Waals surface area contributed by atoms with Crippen molar-refractivity contribution in [2.75, 3.05) is 33.2 Å². The number of hydrogen-bond acceptors (Lipinski definition) is 11. The summed E-state index contributed by atoms with van der Waals surface area (Å²) >= 11 is 1.49. The standard InChI is InChI=1S/C29H26N6O4S/c1-36-25-9-20-19-8-23(34-28(31)21(19)13-33-24(20)10-26(25)37-2)16-7-18(12-32-11-16)38-14-17(30)15-39-29-35-22-5-3-4-6-27(22)40-29/h3-13,17H,14-15,30H2,1-2H3,(H2,31,34)/t17-/m1/s1. The Kier molecular flexibility index (Phi) is 6.89. The van der Waals surface area contributed by atoms with E-state index in [2.05, 4.69) is 19.9 Å². The van der Waals surface area contributed by atoms with Crippen molar-refractivity contribution in [1.82, 2.24) is 19.9 Å². The molecule has 0 saturated heterocycles. The third-order valence-corrected chi connectivity index (χ3v) is 7.33. The molecule has 0 bridgehead atoms. The maximum atomic E-state index is 6.36. The van der Waals surface area contributed by atoms with Gasteiger partial charge in [0.2, 0.25) is 0 Å². The molecule has 40 heavy (non-hydrogen) atoms. The minimum Gasteiger partial charge on any atom is -0.493 e. The number of nitrogen functional groups attached to an aromatic ring is 1. The molecule has 6 aromatic rings. The summed E-state index contributed by atoms with van der Waals surface area (Å²) in [5.74, 6) is 2.11. The van der Waals surface area contributed by atoms with E-state index >= 15 is 0 Å². The predicted octanol–water partition coefficient (Wildman–Crippen LogP) is 4.84. The first-order valence-electron chi connectivity index (χ1n) is 12.5. The fraction of sp³-hybridized carbons (Fsp3) is 0.172. The summed E-state index contributed by atoms with van der Waals surface area (Å²) < 4.78 is 23.7. The number of thiazole rings is 1. The van der Waals surface area contributed by atoms with Crippen molar-refractivity contribution in [2.24, 2.45) is 5.73 Å². The lowest BCUT2D eigenvalue weighted by atomic mass is 10.0. The first kappa shape index (κ1) is 25.5. The molecule has 4 aromatic heterocycles. The average Bonchev–Trinajstić information content (AvgIpc) is 3.41. The molecule has 0 aliphatic heterocycles. The van der Waals surface area contributed by atoms with Crippen LogP contribution >= 0.6 is 11.3 Å². The number of nitrogens with two attached hydrogens (primary N) is 2. The molecule has 0 aliphatic carbocycles. The van der Waals surface area contributed by atoms with E-state index in [0.717, 1.165) is 37.5 Å². The molecule has 10 nitrogen and oxygen atoms in total. The van der Waals surface area contributed by atoms with E-state index in [0.29, 0.717) is 34.0 Å². The lowest BCUT2D eigenvalue weighted by molar-refractivity contribution is 0.220. The molecule has 0 unspecified atom stereocenters. The molecule has 0 fully saturated rings. The number of para-hydroxylation sites is 1. The van der Waals surface area contributed by atoms with E-state index < -0.39 is 0 Å². The summed E-state index contributed by atoms with van der Waals surface area (Å²) in [6.45, 7) is 0.506. The van der Waals surface area contributed by atoms with Crippen LogP contribution in [0.1, 0.15) is 0 Å². The Balaban J connectivity index is 1.21. The maximum Gasteiger partial charge on any atom is 0.274 e. The molecule has 0 radical (unpaired) electrons. The Morgan fingerprint density at radius 2 is 1.62 bits per heavy atom. The van der Waals surface area contributed by atoms with Crippen LogP contribution in [-0.4, -0.2) is 53.4 Å². The van der Waals surface area contributed by atoms with Crippen molar-refractivity contribution in [1.29, 1.82) is 0 Å². The number of anilines is 1. The number of ether oxygens (including phenoxy) is 4. The Morgan fingerprint density at radius 3 is 2.45 bits per heavy atom. The molecular formula is C29H26N6O4S. The Morgan fingerprint density at radius 1 is 0.825 bits per heavy atom. The first-order valence-corrected chi connectivity index (χ1v) is 13.3. The second-order valence-electron chi connectivity index (χ2n) is 9.08. The largest absolute Gasteiger partial charge is 0.493 e. The minimum atomic E-state index is -0.365. The Bertz CT molecular complexity index is 1810. The number of fused-ring (bicyclic) bond motifs is 4. The van der Waals surface area contributed by atoms with Gasteiger partial charge in [0.25, 0.3) is 5.19 Å². The summed E-state index contributed by atoms with van der Waals surface area (Å²) in [5.41, 5.74) is 15.7. The topological polar surface area (TPSA) is 141 Å². The molecule has 0 amide bonds. The van der Waals surface area contributed by atoms with Crippen LogP contribution in [0, 0.1) is 0 Å². The van der Waals surface area contributed by atoms with Gasteiger partial charge in [0, 0.05) is 34.8 Å². The van der Waals surface area contributed by atoms with Crippen LogP contribution in [0.25, 0.3) is 43.1 Å². The molecule has 11 heteroatoms. The van der Waals surface area contributed by atoms with Crippen LogP contribution in [0.15, 0.2) is 67.1 Å². The Labute approximate surface area is 233 Å². The van der Waals surface area contributed by atoms with Crippen molar-refractivity contribution < 1.29 is 18.9 Å². The zero-order chi connectivity index (χ0) is 27.6. The van der Waals surface area contributed by atoms with Gasteiger partial charge < -0.3 is 30.4 Å². The highest BCUT2D eigenvalue weighted by atomic mass is 32.1. The lowest BCUT2D eigenvalue weighted by Crippen LogP contribution is -2.34. The third-order valence-electron chi connectivity index (χ3n) is 6.38. The van der Waals surface area contributed by atoms with Gasteiger partial charge in [-0.15, -0.1) is 0 Å². The van der Waals surface area contributed by atoms with Crippen LogP contribution in [0.5, 0.6) is 22.4 Å². The zero-order valence-corrected chi connectivity index (χ0v) is 22.6. The van der Waals surface area contributed by atoms with E-state index in [9.17, 15) is 0 Å². The quantitative estimate of drug-likeness (QED) is 0.239. The summed E-state index contributed by atoms with van der Waals surface area (Å²) in [5, 5.41) is 3.07. The van der Waals surface area contributed by atoms with Crippen molar-refractivity contribution >= 4 is 49.0 Å². The molecule has 1 atom stereocenters. The van der Waals surface area contributed by atoms with Crippen LogP contribution in [-0.2, 0) is 0 Å². The highest BCUT2D eigenvalue weighted by Crippen LogP contribution is 2.37. The van der Waals surface area contributed by atoms with E-state index in [4.69, 9.17) is 30.4 Å². The highest BCUT2D eigenvalue weighted by molar-refractivity contribution is 7.20. The smallest absolute Gasteiger partial charge is 0.274 e. The zero-order valence-electron chi connectivity index (χ0n) is 21.8. The van der Waals surface area contributed by atoms with Gasteiger partial charge in [0.1, 0.15) is 24.8 Å². The fourth-order valence-electron chi connectivity index (χ4n) is 4.39. The number of hydrogen-bond donors (Lipinski definition) is 2. The van der Waals surface area contributed by atoms with Crippen molar-refractivity contribution in [3.8, 4) is 33.7 Å². The van der Waals surface area contributed by atoms with Gasteiger partial charge in [-0.05, 0) is 35.7 Å². The maximum absolute atomic E-state index is 6.36. The van der Waals surface area contributed by atoms with Gasteiger partial charge in [-0.2, -0.15) is 0 Å². The molecule has 4 heterocycles. The molecule has 0 saturated carbocycles. The van der Waals surface area contributed by atoms with E-state index in [-0.39, 0.29) is 19.3 Å². The van der Waals surface area contributed by atoms with Gasteiger partial charge in [-0.25, -0.2) is 9.97 Å². The number of methoxy groups -OCH3 is 2. The number of rotatable bonds is 9. The van der Waals surface area contributed by atoms with Crippen molar-refractivity contribution in [3.63, 3.8) is 0 Å². The second-order valence-corrected chi connectivity index (χ2v) is 10.1. The monoisotopic (exact) mass is 554 g/mol. The third kappa shape index (κ3) is 4.99. The first-order chi connectivity index (χ1) is 19.5. The van der Waals surface area contributed by atoms with Crippen LogP contribution < -0.4 is 30.4 Å². The molecule has 2 aromatic carbocycles. The average molecular weight is 555 g/mol. The number of pyridine rings is 3. The van der Waals surface area contributed by atoms with Crippen LogP contribution in [0.2, 0.25) is 0 Å². The van der Waals surface area contributed by atoms with Gasteiger partial charge >= 0.3 is 0 Å². The van der Waals surface area contributed by atoms with E-state index in [1.165, 1.54) is 11.3 Å². The number of nitrogens with zero attached hydrogens (tertiary/aromatic N) is 4. The minimum absolute atomic E-state index is 0.237. The van der Waals surface area contributed by atoms with Gasteiger partial charge in [0.15, 0.2) is 11.5 Å². The lowest BCUT2D eigenvalue weighted by Gasteiger charge is -2.14. The summed E-state index contributed by atoms with van der Waals surface area (Å²) in [4.78, 5) is 18.0. The second kappa shape index (κ2) is 10.8. The Hall–Kier alpha value is -4.74. The number of benzene rings is 2. The molecular weight excluding hydrogens is 528 g/mol. The SMILES string of the molecule is COc1cc2ncc3c(N)nc(-c4cncc(OC[C@@H](N)COc5nc6ccccc6s5)c4)cc3c2cc1OC. The normalized spacial score (nSPS) is 12.1. The van der Waals surface area contributed by atoms with Gasteiger partial charge in [0.05, 0.1) is 47.9 Å². The van der Waals surface area contributed by atoms with Gasteiger partial charge in [-0.1, -0.05) is 23.5 Å². The van der Waals surface area contributed by atoms with E-state index in [1.54, 1.807) is 32.8 Å².